The molecule has 1 heterocycles. The lowest BCUT2D eigenvalue weighted by Gasteiger charge is -2.15. The number of sulfone groups is 1. The lowest BCUT2D eigenvalue weighted by molar-refractivity contribution is 0.127. The van der Waals surface area contributed by atoms with E-state index >= 15 is 0 Å². The minimum Gasteiger partial charge on any atom is -0.497 e. The van der Waals surface area contributed by atoms with Gasteiger partial charge >= 0.3 is 0 Å². The van der Waals surface area contributed by atoms with Crippen molar-refractivity contribution in [3.8, 4) is 5.75 Å². The second-order valence-electron chi connectivity index (χ2n) is 5.10. The molecule has 0 saturated carbocycles. The summed E-state index contributed by atoms with van der Waals surface area (Å²) in [7, 11) is -1.65. The van der Waals surface area contributed by atoms with Crippen LogP contribution in [0.3, 0.4) is 0 Å². The Labute approximate surface area is 120 Å². The molecule has 1 aromatic carbocycles. The molecule has 5 nitrogen and oxygen atoms in total. The second kappa shape index (κ2) is 6.56. The lowest BCUT2D eigenvalue weighted by Crippen LogP contribution is -2.28. The van der Waals surface area contributed by atoms with Gasteiger partial charge in [0.05, 0.1) is 24.7 Å². The van der Waals surface area contributed by atoms with Crippen LogP contribution in [-0.4, -0.2) is 39.7 Å². The van der Waals surface area contributed by atoms with Gasteiger partial charge in [0.15, 0.2) is 9.84 Å². The Kier molecular flexibility index (Phi) is 5.01. The number of ether oxygens (including phenoxy) is 2. The third-order valence-corrected chi connectivity index (χ3v) is 5.17. The minimum absolute atomic E-state index is 0.0602. The number of rotatable bonds is 6. The fourth-order valence-electron chi connectivity index (χ4n) is 2.37. The fourth-order valence-corrected chi connectivity index (χ4v) is 4.07. The first-order valence-electron chi connectivity index (χ1n) is 6.72. The first-order chi connectivity index (χ1) is 9.50. The van der Waals surface area contributed by atoms with Crippen LogP contribution in [0, 0.1) is 0 Å². The van der Waals surface area contributed by atoms with Crippen LogP contribution >= 0.6 is 0 Å². The first kappa shape index (κ1) is 15.3. The summed E-state index contributed by atoms with van der Waals surface area (Å²) in [5, 5.41) is 0. The van der Waals surface area contributed by atoms with Gasteiger partial charge < -0.3 is 15.2 Å². The predicted molar refractivity (Wildman–Crippen MR) is 77.6 cm³/mol. The van der Waals surface area contributed by atoms with Crippen molar-refractivity contribution in [2.24, 2.45) is 5.73 Å². The molecule has 0 amide bonds. The molecule has 2 rings (SSSR count). The van der Waals surface area contributed by atoms with Gasteiger partial charge in [0.1, 0.15) is 5.75 Å². The van der Waals surface area contributed by atoms with Gasteiger partial charge in [0, 0.05) is 12.6 Å². The number of benzene rings is 1. The SMILES string of the molecule is COc1cccc(C(N)CS(=O)(=O)CC2CCCO2)c1. The largest absolute Gasteiger partial charge is 0.497 e. The molecular weight excluding hydrogens is 278 g/mol. The first-order valence-corrected chi connectivity index (χ1v) is 8.54. The van der Waals surface area contributed by atoms with Crippen LogP contribution in [0.1, 0.15) is 24.4 Å². The quantitative estimate of drug-likeness (QED) is 0.856. The third kappa shape index (κ3) is 4.19. The molecule has 0 aliphatic carbocycles. The molecule has 1 aromatic rings. The minimum atomic E-state index is -3.22. The summed E-state index contributed by atoms with van der Waals surface area (Å²) in [6, 6.07) is 6.65. The monoisotopic (exact) mass is 299 g/mol. The highest BCUT2D eigenvalue weighted by Gasteiger charge is 2.25. The van der Waals surface area contributed by atoms with E-state index in [0.717, 1.165) is 18.4 Å². The van der Waals surface area contributed by atoms with Crippen LogP contribution in [0.25, 0.3) is 0 Å². The number of nitrogens with two attached hydrogens (primary N) is 1. The van der Waals surface area contributed by atoms with Gasteiger partial charge in [-0.2, -0.15) is 0 Å². The van der Waals surface area contributed by atoms with Gasteiger partial charge in [-0.25, -0.2) is 8.42 Å². The summed E-state index contributed by atoms with van der Waals surface area (Å²) in [5.74, 6) is 0.666. The summed E-state index contributed by atoms with van der Waals surface area (Å²) in [6.45, 7) is 0.655. The molecule has 0 spiro atoms. The smallest absolute Gasteiger partial charge is 0.154 e. The van der Waals surface area contributed by atoms with E-state index in [1.165, 1.54) is 0 Å². The van der Waals surface area contributed by atoms with E-state index in [2.05, 4.69) is 0 Å². The van der Waals surface area contributed by atoms with Crippen LogP contribution in [0.2, 0.25) is 0 Å². The van der Waals surface area contributed by atoms with Crippen molar-refractivity contribution in [3.05, 3.63) is 29.8 Å². The van der Waals surface area contributed by atoms with Crippen LogP contribution in [0.4, 0.5) is 0 Å². The molecule has 20 heavy (non-hydrogen) atoms. The van der Waals surface area contributed by atoms with Crippen LogP contribution in [0.15, 0.2) is 24.3 Å². The van der Waals surface area contributed by atoms with Gasteiger partial charge in [-0.05, 0) is 30.5 Å². The van der Waals surface area contributed by atoms with E-state index in [4.69, 9.17) is 15.2 Å². The van der Waals surface area contributed by atoms with Gasteiger partial charge in [0.2, 0.25) is 0 Å². The van der Waals surface area contributed by atoms with Crippen molar-refractivity contribution in [3.63, 3.8) is 0 Å². The van der Waals surface area contributed by atoms with E-state index < -0.39 is 15.9 Å². The number of hydrogen-bond donors (Lipinski definition) is 1. The zero-order chi connectivity index (χ0) is 14.6. The molecule has 0 radical (unpaired) electrons. The summed E-state index contributed by atoms with van der Waals surface area (Å²) in [6.07, 6.45) is 1.58. The summed E-state index contributed by atoms with van der Waals surface area (Å²) in [5.41, 5.74) is 6.77. The third-order valence-electron chi connectivity index (χ3n) is 3.42. The van der Waals surface area contributed by atoms with Gasteiger partial charge in [0.25, 0.3) is 0 Å². The van der Waals surface area contributed by atoms with Crippen molar-refractivity contribution in [2.75, 3.05) is 25.2 Å². The Balaban J connectivity index is 1.99. The molecule has 2 N–H and O–H groups in total. The average Bonchev–Trinajstić information content (AvgIpc) is 2.90. The second-order valence-corrected chi connectivity index (χ2v) is 7.25. The highest BCUT2D eigenvalue weighted by atomic mass is 32.2. The molecule has 1 aliphatic rings. The van der Waals surface area contributed by atoms with E-state index in [1.807, 2.05) is 6.07 Å². The predicted octanol–water partition coefficient (Wildman–Crippen LogP) is 1.29. The molecule has 2 unspecified atom stereocenters. The zero-order valence-electron chi connectivity index (χ0n) is 11.6. The summed E-state index contributed by atoms with van der Waals surface area (Å²) >= 11 is 0. The molecule has 6 heteroatoms. The Bertz CT molecular complexity index is 538. The fraction of sp³-hybridized carbons (Fsp3) is 0.571. The van der Waals surface area contributed by atoms with Crippen molar-refractivity contribution < 1.29 is 17.9 Å². The maximum atomic E-state index is 12.1. The van der Waals surface area contributed by atoms with Crippen molar-refractivity contribution in [1.82, 2.24) is 0 Å². The molecule has 112 valence electrons. The standard InChI is InChI=1S/C14H21NO4S/c1-18-12-5-2-4-11(8-12)14(15)10-20(16,17)9-13-6-3-7-19-13/h2,4-5,8,13-14H,3,6-7,9-10,15H2,1H3. The highest BCUT2D eigenvalue weighted by molar-refractivity contribution is 7.91. The van der Waals surface area contributed by atoms with Crippen LogP contribution < -0.4 is 10.5 Å². The lowest BCUT2D eigenvalue weighted by atomic mass is 10.1. The Hall–Kier alpha value is -1.11. The highest BCUT2D eigenvalue weighted by Crippen LogP contribution is 2.20. The topological polar surface area (TPSA) is 78.6 Å². The Morgan fingerprint density at radius 3 is 2.95 bits per heavy atom. The molecule has 2 atom stereocenters. The van der Waals surface area contributed by atoms with E-state index in [-0.39, 0.29) is 17.6 Å². The van der Waals surface area contributed by atoms with E-state index in [9.17, 15) is 8.42 Å². The molecule has 1 aliphatic heterocycles. The van der Waals surface area contributed by atoms with Gasteiger partial charge in [-0.3, -0.25) is 0 Å². The maximum Gasteiger partial charge on any atom is 0.154 e. The molecular formula is C14H21NO4S. The normalized spacial score (nSPS) is 20.8. The summed E-state index contributed by atoms with van der Waals surface area (Å²) in [4.78, 5) is 0. The van der Waals surface area contributed by atoms with Crippen LogP contribution in [0.5, 0.6) is 5.75 Å². The van der Waals surface area contributed by atoms with E-state index in [1.54, 1.807) is 25.3 Å². The Morgan fingerprint density at radius 2 is 2.30 bits per heavy atom. The van der Waals surface area contributed by atoms with Crippen molar-refractivity contribution in [1.29, 1.82) is 0 Å². The van der Waals surface area contributed by atoms with Gasteiger partial charge in [-0.1, -0.05) is 12.1 Å². The van der Waals surface area contributed by atoms with Crippen LogP contribution in [-0.2, 0) is 14.6 Å². The number of hydrogen-bond acceptors (Lipinski definition) is 5. The molecule has 0 aromatic heterocycles. The van der Waals surface area contributed by atoms with Gasteiger partial charge in [-0.15, -0.1) is 0 Å². The van der Waals surface area contributed by atoms with Crippen molar-refractivity contribution in [2.45, 2.75) is 25.0 Å². The molecule has 1 fully saturated rings. The molecule has 0 bridgehead atoms. The Morgan fingerprint density at radius 1 is 1.50 bits per heavy atom. The summed E-state index contributed by atoms with van der Waals surface area (Å²) < 4.78 is 34.8. The van der Waals surface area contributed by atoms with Crippen molar-refractivity contribution >= 4 is 9.84 Å². The maximum absolute atomic E-state index is 12.1. The molecule has 1 saturated heterocycles. The number of methoxy groups -OCH3 is 1. The average molecular weight is 299 g/mol. The van der Waals surface area contributed by atoms with E-state index in [0.29, 0.717) is 12.4 Å². The zero-order valence-corrected chi connectivity index (χ0v) is 12.4.